The molecule has 0 aromatic heterocycles. The van der Waals surface area contributed by atoms with Crippen molar-refractivity contribution in [3.63, 3.8) is 0 Å². The van der Waals surface area contributed by atoms with Crippen LogP contribution in [0.4, 0.5) is 4.79 Å². The summed E-state index contributed by atoms with van der Waals surface area (Å²) >= 11 is 5.38. The van der Waals surface area contributed by atoms with Gasteiger partial charge in [0.25, 0.3) is 0 Å². The number of unbranched alkanes of at least 4 members (excludes halogenated alkanes) is 1. The number of amides is 1. The lowest BCUT2D eigenvalue weighted by molar-refractivity contribution is -0.143. The molecule has 0 rings (SSSR count). The number of alkyl halides is 1. The zero-order chi connectivity index (χ0) is 17.7. The topological polar surface area (TPSA) is 73.9 Å². The SMILES string of the molecule is CCCCOCC(CCNC(=O)OC(C)(C)C)CC(=O)OCCl. The molecule has 0 fully saturated rings. The van der Waals surface area contributed by atoms with Crippen LogP contribution in [0, 0.1) is 5.92 Å². The van der Waals surface area contributed by atoms with Gasteiger partial charge in [0, 0.05) is 13.2 Å². The Morgan fingerprint density at radius 1 is 1.26 bits per heavy atom. The van der Waals surface area contributed by atoms with Crippen molar-refractivity contribution in [2.75, 3.05) is 25.8 Å². The van der Waals surface area contributed by atoms with Crippen LogP contribution in [-0.4, -0.2) is 43.5 Å². The molecule has 0 spiro atoms. The molecule has 0 aliphatic carbocycles. The molecule has 0 radical (unpaired) electrons. The van der Waals surface area contributed by atoms with Crippen molar-refractivity contribution >= 4 is 23.7 Å². The Morgan fingerprint density at radius 2 is 1.96 bits per heavy atom. The van der Waals surface area contributed by atoms with Crippen LogP contribution in [0.25, 0.3) is 0 Å². The van der Waals surface area contributed by atoms with Crippen LogP contribution in [0.15, 0.2) is 0 Å². The lowest BCUT2D eigenvalue weighted by atomic mass is 10.0. The Morgan fingerprint density at radius 3 is 2.52 bits per heavy atom. The van der Waals surface area contributed by atoms with Gasteiger partial charge < -0.3 is 19.5 Å². The molecule has 0 aromatic rings. The second-order valence-electron chi connectivity index (χ2n) is 6.34. The van der Waals surface area contributed by atoms with Crippen LogP contribution >= 0.6 is 11.6 Å². The van der Waals surface area contributed by atoms with E-state index in [1.54, 1.807) is 20.8 Å². The molecule has 0 saturated heterocycles. The molecule has 0 aromatic carbocycles. The first kappa shape index (κ1) is 22.0. The maximum atomic E-state index is 11.6. The zero-order valence-electron chi connectivity index (χ0n) is 14.7. The molecule has 7 heteroatoms. The Kier molecular flexibility index (Phi) is 11.9. The number of alkyl carbamates (subject to hydrolysis) is 1. The molecule has 1 unspecified atom stereocenters. The number of halogens is 1. The molecule has 23 heavy (non-hydrogen) atoms. The summed E-state index contributed by atoms with van der Waals surface area (Å²) in [6, 6.07) is -0.154. The number of nitrogens with one attached hydrogen (secondary N) is 1. The minimum Gasteiger partial charge on any atom is -0.449 e. The first-order chi connectivity index (χ1) is 10.8. The van der Waals surface area contributed by atoms with Crippen molar-refractivity contribution in [1.29, 1.82) is 0 Å². The number of hydrogen-bond acceptors (Lipinski definition) is 5. The van der Waals surface area contributed by atoms with Gasteiger partial charge in [-0.1, -0.05) is 24.9 Å². The summed E-state index contributed by atoms with van der Waals surface area (Å²) < 4.78 is 15.5. The molecule has 1 atom stereocenters. The van der Waals surface area contributed by atoms with Gasteiger partial charge in [-0.05, 0) is 39.5 Å². The third kappa shape index (κ3) is 14.3. The zero-order valence-corrected chi connectivity index (χ0v) is 15.4. The second-order valence-corrected chi connectivity index (χ2v) is 6.56. The van der Waals surface area contributed by atoms with Crippen molar-refractivity contribution in [1.82, 2.24) is 5.32 Å². The molecular formula is C16H30ClNO5. The van der Waals surface area contributed by atoms with Gasteiger partial charge in [-0.3, -0.25) is 4.79 Å². The van der Waals surface area contributed by atoms with Crippen molar-refractivity contribution in [3.05, 3.63) is 0 Å². The minimum atomic E-state index is -0.531. The van der Waals surface area contributed by atoms with Crippen molar-refractivity contribution in [2.24, 2.45) is 5.92 Å². The molecule has 1 amide bonds. The predicted octanol–water partition coefficient (Wildman–Crippen LogP) is 3.46. The fourth-order valence-electron chi connectivity index (χ4n) is 1.79. The monoisotopic (exact) mass is 351 g/mol. The summed E-state index contributed by atoms with van der Waals surface area (Å²) in [5.41, 5.74) is -0.531. The normalized spacial score (nSPS) is 12.6. The number of carbonyl (C=O) groups is 2. The lowest BCUT2D eigenvalue weighted by Gasteiger charge is -2.21. The van der Waals surface area contributed by atoms with Crippen LogP contribution < -0.4 is 5.32 Å². The van der Waals surface area contributed by atoms with Gasteiger partial charge in [0.1, 0.15) is 5.60 Å². The predicted molar refractivity (Wildman–Crippen MR) is 89.5 cm³/mol. The van der Waals surface area contributed by atoms with Gasteiger partial charge in [0.05, 0.1) is 13.0 Å². The van der Waals surface area contributed by atoms with Crippen LogP contribution in [0.2, 0.25) is 0 Å². The molecule has 1 N–H and O–H groups in total. The quantitative estimate of drug-likeness (QED) is 0.350. The lowest BCUT2D eigenvalue weighted by Crippen LogP contribution is -2.34. The Hall–Kier alpha value is -1.01. The summed E-state index contributed by atoms with van der Waals surface area (Å²) in [7, 11) is 0. The van der Waals surface area contributed by atoms with Gasteiger partial charge in [0.15, 0.2) is 6.07 Å². The molecule has 136 valence electrons. The van der Waals surface area contributed by atoms with E-state index >= 15 is 0 Å². The van der Waals surface area contributed by atoms with Crippen LogP contribution in [0.3, 0.4) is 0 Å². The van der Waals surface area contributed by atoms with Crippen LogP contribution in [0.5, 0.6) is 0 Å². The Balaban J connectivity index is 4.17. The summed E-state index contributed by atoms with van der Waals surface area (Å²) in [6.45, 7) is 9.02. The first-order valence-electron chi connectivity index (χ1n) is 8.04. The summed E-state index contributed by atoms with van der Waals surface area (Å²) in [6.07, 6.45) is 2.39. The van der Waals surface area contributed by atoms with Gasteiger partial charge in [-0.2, -0.15) is 0 Å². The number of ether oxygens (including phenoxy) is 3. The molecule has 0 aliphatic rings. The highest BCUT2D eigenvalue weighted by Crippen LogP contribution is 2.12. The number of rotatable bonds is 11. The summed E-state index contributed by atoms with van der Waals surface area (Å²) in [4.78, 5) is 23.1. The Bertz CT molecular complexity index is 344. The number of hydrogen-bond donors (Lipinski definition) is 1. The third-order valence-corrected chi connectivity index (χ3v) is 3.00. The average Bonchev–Trinajstić information content (AvgIpc) is 2.41. The molecule has 0 saturated carbocycles. The average molecular weight is 352 g/mol. The highest BCUT2D eigenvalue weighted by molar-refractivity contribution is 6.17. The third-order valence-electron chi connectivity index (χ3n) is 2.89. The summed E-state index contributed by atoms with van der Waals surface area (Å²) in [5, 5.41) is 2.68. The van der Waals surface area contributed by atoms with Crippen molar-refractivity contribution < 1.29 is 23.8 Å². The smallest absolute Gasteiger partial charge is 0.407 e. The highest BCUT2D eigenvalue weighted by Gasteiger charge is 2.18. The standard InChI is InChI=1S/C16H30ClNO5/c1-5-6-9-21-11-13(10-14(19)22-12-17)7-8-18-15(20)23-16(2,3)4/h13H,5-12H2,1-4H3,(H,18,20). The van der Waals surface area contributed by atoms with Gasteiger partial charge >= 0.3 is 12.1 Å². The Labute approximate surface area is 144 Å². The maximum absolute atomic E-state index is 11.6. The number of esters is 1. The summed E-state index contributed by atoms with van der Waals surface area (Å²) in [5.74, 6) is -0.390. The van der Waals surface area contributed by atoms with Gasteiger partial charge in [0.2, 0.25) is 0 Å². The van der Waals surface area contributed by atoms with E-state index in [4.69, 9.17) is 25.8 Å². The minimum absolute atomic E-state index is 0.0301. The van der Waals surface area contributed by atoms with Gasteiger partial charge in [-0.15, -0.1) is 0 Å². The van der Waals surface area contributed by atoms with E-state index in [0.29, 0.717) is 26.2 Å². The van der Waals surface area contributed by atoms with Crippen molar-refractivity contribution in [3.8, 4) is 0 Å². The van der Waals surface area contributed by atoms with E-state index in [9.17, 15) is 9.59 Å². The van der Waals surface area contributed by atoms with E-state index in [1.165, 1.54) is 0 Å². The van der Waals surface area contributed by atoms with Crippen LogP contribution in [0.1, 0.15) is 53.4 Å². The van der Waals surface area contributed by atoms with E-state index in [-0.39, 0.29) is 24.4 Å². The van der Waals surface area contributed by atoms with E-state index in [1.807, 2.05) is 0 Å². The number of carbonyl (C=O) groups excluding carboxylic acids is 2. The van der Waals surface area contributed by atoms with E-state index in [2.05, 4.69) is 12.2 Å². The molecule has 0 bridgehead atoms. The maximum Gasteiger partial charge on any atom is 0.407 e. The second kappa shape index (κ2) is 12.4. The highest BCUT2D eigenvalue weighted by atomic mass is 35.5. The molecule has 0 aliphatic heterocycles. The van der Waals surface area contributed by atoms with Crippen LogP contribution in [-0.2, 0) is 19.0 Å². The fraction of sp³-hybridized carbons (Fsp3) is 0.875. The first-order valence-corrected chi connectivity index (χ1v) is 8.58. The molecule has 0 heterocycles. The molecular weight excluding hydrogens is 322 g/mol. The van der Waals surface area contributed by atoms with E-state index < -0.39 is 11.7 Å². The van der Waals surface area contributed by atoms with E-state index in [0.717, 1.165) is 12.8 Å². The molecule has 6 nitrogen and oxygen atoms in total. The van der Waals surface area contributed by atoms with Crippen molar-refractivity contribution in [2.45, 2.75) is 59.0 Å². The largest absolute Gasteiger partial charge is 0.449 e. The fourth-order valence-corrected chi connectivity index (χ4v) is 1.91. The van der Waals surface area contributed by atoms with Gasteiger partial charge in [-0.25, -0.2) is 4.79 Å².